The van der Waals surface area contributed by atoms with Crippen molar-refractivity contribution >= 4 is 18.2 Å². The number of rotatable bonds is 7. The lowest BCUT2D eigenvalue weighted by Gasteiger charge is -2.58. The fraction of sp³-hybridized carbons (Fsp3) is 0.759. The Kier molecular flexibility index (Phi) is 12.5. The van der Waals surface area contributed by atoms with Crippen molar-refractivity contribution < 1.29 is 24.2 Å². The maximum Gasteiger partial charge on any atom is 0.325 e. The summed E-state index contributed by atoms with van der Waals surface area (Å²) in [5, 5.41) is 18.4. The van der Waals surface area contributed by atoms with Gasteiger partial charge in [0, 0.05) is 0 Å². The number of nitrogens with one attached hydrogen (secondary N) is 1. The molecule has 2 N–H and O–H groups in total. The minimum atomic E-state index is -1.10. The van der Waals surface area contributed by atoms with Crippen LogP contribution < -0.4 is 5.32 Å². The van der Waals surface area contributed by atoms with Crippen molar-refractivity contribution in [3.05, 3.63) is 24.7 Å². The Morgan fingerprint density at radius 1 is 1.26 bits per heavy atom. The van der Waals surface area contributed by atoms with Crippen LogP contribution in [-0.4, -0.2) is 44.3 Å². The molecule has 1 heterocycles. The van der Waals surface area contributed by atoms with Crippen LogP contribution >= 0.6 is 0 Å². The summed E-state index contributed by atoms with van der Waals surface area (Å²) in [5.74, 6) is 3.70. The molecule has 0 aliphatic heterocycles. The first-order valence-corrected chi connectivity index (χ1v) is 14.1. The van der Waals surface area contributed by atoms with Crippen molar-refractivity contribution in [1.29, 1.82) is 0 Å². The van der Waals surface area contributed by atoms with E-state index < -0.39 is 17.9 Å². The summed E-state index contributed by atoms with van der Waals surface area (Å²) in [6.45, 7) is 14.0. The molecule has 0 bridgehead atoms. The van der Waals surface area contributed by atoms with Crippen LogP contribution in [0.1, 0.15) is 91.7 Å². The summed E-state index contributed by atoms with van der Waals surface area (Å²) < 4.78 is 6.20. The Balaban J connectivity index is 0.000000242. The van der Waals surface area contributed by atoms with E-state index in [2.05, 4.69) is 43.0 Å². The van der Waals surface area contributed by atoms with E-state index >= 15 is 0 Å². The Morgan fingerprint density at radius 3 is 2.61 bits per heavy atom. The second-order valence-electron chi connectivity index (χ2n) is 11.6. The van der Waals surface area contributed by atoms with Gasteiger partial charge in [0.25, 0.3) is 0 Å². The molecule has 38 heavy (non-hydrogen) atoms. The van der Waals surface area contributed by atoms with Crippen molar-refractivity contribution in [3.8, 4) is 0 Å². The standard InChI is InChI=1S/C17H30.C10H14N4O4.C2H4O/c1-12-6-8-16-14(11-12)7-9-15-13(2)5-4-10-17(15,16)3;1-3-18-6-8-4-14(13-12-8)5-9(15)11-7(2)10(16)17;1-2-3/h12-16H,4-11H2,1-3H3;3-4,7H,1,5-6H2,2H3,(H,11,15)(H,16,17);2H,1H3/t12?,13?,14?,15?,16?,17-;;/m1../s1. The number of carbonyl (C=O) groups excluding carboxylic acids is 2. The highest BCUT2D eigenvalue weighted by Gasteiger charge is 2.51. The summed E-state index contributed by atoms with van der Waals surface area (Å²) in [5.41, 5.74) is 1.27. The van der Waals surface area contributed by atoms with Gasteiger partial charge in [-0.2, -0.15) is 0 Å². The van der Waals surface area contributed by atoms with Gasteiger partial charge in [-0.3, -0.25) is 9.59 Å². The number of aliphatic carboxylic acids is 1. The third kappa shape index (κ3) is 8.67. The van der Waals surface area contributed by atoms with Crippen LogP contribution in [0.3, 0.4) is 0 Å². The van der Waals surface area contributed by atoms with Crippen LogP contribution in [0.5, 0.6) is 0 Å². The number of carboxylic acids is 1. The topological polar surface area (TPSA) is 123 Å². The maximum absolute atomic E-state index is 11.4. The monoisotopic (exact) mass is 532 g/mol. The number of aromatic nitrogens is 3. The zero-order chi connectivity index (χ0) is 28.3. The van der Waals surface area contributed by atoms with Crippen LogP contribution in [0.2, 0.25) is 0 Å². The summed E-state index contributed by atoms with van der Waals surface area (Å²) >= 11 is 0. The van der Waals surface area contributed by atoms with Crippen LogP contribution in [0, 0.1) is 35.0 Å². The Morgan fingerprint density at radius 2 is 1.95 bits per heavy atom. The number of hydrogen-bond acceptors (Lipinski definition) is 6. The Labute approximate surface area is 227 Å². The molecule has 0 spiro atoms. The quantitative estimate of drug-likeness (QED) is 0.374. The van der Waals surface area contributed by atoms with Gasteiger partial charge in [-0.05, 0) is 81.0 Å². The van der Waals surface area contributed by atoms with Crippen molar-refractivity contribution in [2.75, 3.05) is 0 Å². The van der Waals surface area contributed by atoms with Gasteiger partial charge in [0.1, 0.15) is 31.2 Å². The maximum atomic E-state index is 11.4. The van der Waals surface area contributed by atoms with Crippen molar-refractivity contribution in [1.82, 2.24) is 20.3 Å². The first-order chi connectivity index (χ1) is 18.0. The van der Waals surface area contributed by atoms with Gasteiger partial charge < -0.3 is 20.0 Å². The fourth-order valence-corrected chi connectivity index (χ4v) is 7.12. The zero-order valence-corrected chi connectivity index (χ0v) is 23.9. The SMILES string of the molecule is C=COCc1cn(CC(=O)NC(C)C(=O)O)nn1.CC1CCC2C(CCC3C(C)CCC[C@]32C)C1.CC=O. The predicted molar refractivity (Wildman–Crippen MR) is 146 cm³/mol. The molecule has 214 valence electrons. The molecule has 4 rings (SSSR count). The van der Waals surface area contributed by atoms with E-state index in [1.807, 2.05) is 0 Å². The second kappa shape index (κ2) is 15.0. The van der Waals surface area contributed by atoms with Crippen LogP contribution in [0.4, 0.5) is 0 Å². The van der Waals surface area contributed by atoms with E-state index in [1.165, 1.54) is 56.7 Å². The largest absolute Gasteiger partial charge is 0.495 e. The second-order valence-corrected chi connectivity index (χ2v) is 11.6. The highest BCUT2D eigenvalue weighted by atomic mass is 16.5. The van der Waals surface area contributed by atoms with E-state index in [4.69, 9.17) is 14.6 Å². The smallest absolute Gasteiger partial charge is 0.325 e. The molecule has 3 aliphatic rings. The lowest BCUT2D eigenvalue weighted by atomic mass is 9.47. The van der Waals surface area contributed by atoms with Gasteiger partial charge in [0.2, 0.25) is 5.91 Å². The van der Waals surface area contributed by atoms with E-state index in [1.54, 1.807) is 25.7 Å². The van der Waals surface area contributed by atoms with Crippen LogP contribution in [-0.2, 0) is 32.3 Å². The Bertz CT molecular complexity index is 919. The molecule has 0 aromatic carbocycles. The molecule has 1 aromatic heterocycles. The van der Waals surface area contributed by atoms with E-state index in [0.717, 1.165) is 41.3 Å². The number of ether oxygens (including phenoxy) is 1. The highest BCUT2D eigenvalue weighted by molar-refractivity contribution is 5.82. The number of fused-ring (bicyclic) bond motifs is 3. The predicted octanol–water partition coefficient (Wildman–Crippen LogP) is 5.01. The summed E-state index contributed by atoms with van der Waals surface area (Å²) in [4.78, 5) is 30.8. The van der Waals surface area contributed by atoms with Gasteiger partial charge in [-0.15, -0.1) is 5.10 Å². The van der Waals surface area contributed by atoms with Crippen LogP contribution in [0.25, 0.3) is 0 Å². The first-order valence-electron chi connectivity index (χ1n) is 14.1. The molecule has 9 nitrogen and oxygen atoms in total. The molecule has 9 heteroatoms. The van der Waals surface area contributed by atoms with Crippen molar-refractivity contribution in [2.45, 2.75) is 105 Å². The van der Waals surface area contributed by atoms with Crippen molar-refractivity contribution in [2.24, 2.45) is 35.0 Å². The molecular formula is C29H48N4O5. The molecule has 3 saturated carbocycles. The Hall–Kier alpha value is -2.71. The van der Waals surface area contributed by atoms with Crippen molar-refractivity contribution in [3.63, 3.8) is 0 Å². The van der Waals surface area contributed by atoms with E-state index in [-0.39, 0.29) is 13.2 Å². The molecule has 1 amide bonds. The minimum Gasteiger partial charge on any atom is -0.495 e. The number of nitrogens with zero attached hydrogens (tertiary/aromatic N) is 3. The van der Waals surface area contributed by atoms with Gasteiger partial charge >= 0.3 is 5.97 Å². The molecular weight excluding hydrogens is 484 g/mol. The molecule has 0 radical (unpaired) electrons. The van der Waals surface area contributed by atoms with Gasteiger partial charge in [0.15, 0.2) is 0 Å². The van der Waals surface area contributed by atoms with Gasteiger partial charge in [0.05, 0.1) is 12.5 Å². The van der Waals surface area contributed by atoms with E-state index in [9.17, 15) is 9.59 Å². The lowest BCUT2D eigenvalue weighted by Crippen LogP contribution is -2.49. The van der Waals surface area contributed by atoms with Gasteiger partial charge in [-0.25, -0.2) is 4.68 Å². The van der Waals surface area contributed by atoms with Gasteiger partial charge in [-0.1, -0.05) is 51.8 Å². The third-order valence-corrected chi connectivity index (χ3v) is 8.84. The van der Waals surface area contributed by atoms with E-state index in [0.29, 0.717) is 5.69 Å². The molecule has 6 unspecified atom stereocenters. The molecule has 7 atom stereocenters. The number of aldehydes is 1. The molecule has 3 fully saturated rings. The number of amides is 1. The molecule has 3 aliphatic carbocycles. The normalized spacial score (nSPS) is 30.4. The summed E-state index contributed by atoms with van der Waals surface area (Å²) in [6, 6.07) is -0.940. The summed E-state index contributed by atoms with van der Waals surface area (Å²) in [6.07, 6.45) is 15.8. The minimum absolute atomic E-state index is 0.0985. The third-order valence-electron chi connectivity index (χ3n) is 8.84. The highest BCUT2D eigenvalue weighted by Crippen LogP contribution is 2.60. The number of hydrogen-bond donors (Lipinski definition) is 2. The molecule has 0 saturated heterocycles. The average Bonchev–Trinajstić information content (AvgIpc) is 3.30. The summed E-state index contributed by atoms with van der Waals surface area (Å²) in [7, 11) is 0. The lowest BCUT2D eigenvalue weighted by molar-refractivity contribution is -0.141. The number of carboxylic acid groups (broad SMARTS) is 1. The zero-order valence-electron chi connectivity index (χ0n) is 23.9. The number of carbonyl (C=O) groups is 3. The average molecular weight is 533 g/mol. The van der Waals surface area contributed by atoms with Crippen LogP contribution in [0.15, 0.2) is 19.0 Å². The molecule has 1 aromatic rings. The fourth-order valence-electron chi connectivity index (χ4n) is 7.12. The first kappa shape index (κ1) is 31.5.